The molecular weight excluding hydrogens is 589 g/mol. The van der Waals surface area contributed by atoms with Gasteiger partial charge in [0.05, 0.1) is 10.9 Å². The lowest BCUT2D eigenvalue weighted by molar-refractivity contribution is -0.122. The van der Waals surface area contributed by atoms with Gasteiger partial charge in [0.25, 0.3) is 0 Å². The highest BCUT2D eigenvalue weighted by molar-refractivity contribution is 8.02. The van der Waals surface area contributed by atoms with Crippen LogP contribution in [-0.4, -0.2) is 54.4 Å². The fourth-order valence-corrected chi connectivity index (χ4v) is 8.76. The standard InChI is InChI=1S/C35H36N4O3S2/c40-34(35-39(23-24-43-35)44(41,42)30-17-15-27(16-18-30)26-9-3-1-4-10-26)38-32(28-11-5-2-6-12-28)20-22-36-21-19-29-25-37-33-14-8-7-13-31(29)33/h1-18,25,32,35-37H,19-24H2,(H,38,40). The van der Waals surface area contributed by atoms with Crippen LogP contribution in [0.2, 0.25) is 0 Å². The van der Waals surface area contributed by atoms with Crippen molar-refractivity contribution in [3.05, 3.63) is 127 Å². The first kappa shape index (κ1) is 30.1. The molecule has 226 valence electrons. The van der Waals surface area contributed by atoms with Gasteiger partial charge >= 0.3 is 0 Å². The molecule has 2 unspecified atom stereocenters. The van der Waals surface area contributed by atoms with E-state index in [2.05, 4.69) is 40.0 Å². The first-order valence-corrected chi connectivity index (χ1v) is 17.4. The van der Waals surface area contributed by atoms with Gasteiger partial charge in [-0.1, -0.05) is 91.0 Å². The molecule has 1 aliphatic heterocycles. The van der Waals surface area contributed by atoms with Crippen molar-refractivity contribution in [3.63, 3.8) is 0 Å². The summed E-state index contributed by atoms with van der Waals surface area (Å²) < 4.78 is 28.7. The first-order valence-electron chi connectivity index (χ1n) is 14.9. The summed E-state index contributed by atoms with van der Waals surface area (Å²) in [5, 5.41) is 7.12. The van der Waals surface area contributed by atoms with Crippen LogP contribution >= 0.6 is 11.8 Å². The highest BCUT2D eigenvalue weighted by atomic mass is 32.2. The van der Waals surface area contributed by atoms with Crippen LogP contribution in [0.3, 0.4) is 0 Å². The topological polar surface area (TPSA) is 94.3 Å². The molecule has 3 N–H and O–H groups in total. The van der Waals surface area contributed by atoms with Gasteiger partial charge in [-0.2, -0.15) is 4.31 Å². The van der Waals surface area contributed by atoms with Crippen molar-refractivity contribution in [2.75, 3.05) is 25.4 Å². The first-order chi connectivity index (χ1) is 21.5. The molecule has 0 bridgehead atoms. The van der Waals surface area contributed by atoms with Crippen molar-refractivity contribution in [2.24, 2.45) is 0 Å². The number of sulfonamides is 1. The van der Waals surface area contributed by atoms with E-state index in [1.165, 1.54) is 27.0 Å². The lowest BCUT2D eigenvalue weighted by Gasteiger charge is -2.26. The molecule has 0 spiro atoms. The molecule has 0 radical (unpaired) electrons. The Morgan fingerprint density at radius 2 is 1.55 bits per heavy atom. The molecule has 1 amide bonds. The third-order valence-electron chi connectivity index (χ3n) is 8.02. The zero-order valence-corrected chi connectivity index (χ0v) is 26.0. The molecule has 4 aromatic carbocycles. The fraction of sp³-hybridized carbons (Fsp3) is 0.229. The Morgan fingerprint density at radius 1 is 0.864 bits per heavy atom. The van der Waals surface area contributed by atoms with Crippen LogP contribution in [0.5, 0.6) is 0 Å². The monoisotopic (exact) mass is 624 g/mol. The van der Waals surface area contributed by atoms with Gasteiger partial charge < -0.3 is 15.6 Å². The highest BCUT2D eigenvalue weighted by Crippen LogP contribution is 2.32. The van der Waals surface area contributed by atoms with Gasteiger partial charge in [-0.15, -0.1) is 11.8 Å². The summed E-state index contributed by atoms with van der Waals surface area (Å²) >= 11 is 1.36. The molecule has 2 atom stereocenters. The van der Waals surface area contributed by atoms with Crippen LogP contribution in [0, 0.1) is 0 Å². The minimum atomic E-state index is -3.86. The highest BCUT2D eigenvalue weighted by Gasteiger charge is 2.40. The minimum Gasteiger partial charge on any atom is -0.361 e. The van der Waals surface area contributed by atoms with Crippen LogP contribution in [0.15, 0.2) is 120 Å². The SMILES string of the molecule is O=C(NC(CCNCCc1c[nH]c2ccccc12)c1ccccc1)C1SCCN1S(=O)(=O)c1ccc(-c2ccccc2)cc1. The Morgan fingerprint density at radius 3 is 2.32 bits per heavy atom. The van der Waals surface area contributed by atoms with Gasteiger partial charge in [0.15, 0.2) is 0 Å². The van der Waals surface area contributed by atoms with Crippen molar-refractivity contribution in [1.29, 1.82) is 0 Å². The largest absolute Gasteiger partial charge is 0.361 e. The van der Waals surface area contributed by atoms with Crippen LogP contribution in [-0.2, 0) is 21.2 Å². The number of aromatic amines is 1. The van der Waals surface area contributed by atoms with Crippen LogP contribution < -0.4 is 10.6 Å². The lowest BCUT2D eigenvalue weighted by atomic mass is 10.0. The van der Waals surface area contributed by atoms with E-state index in [9.17, 15) is 13.2 Å². The Balaban J connectivity index is 1.09. The number of carbonyl (C=O) groups excluding carboxylic acids is 1. The number of benzene rings is 4. The van der Waals surface area contributed by atoms with Crippen molar-refractivity contribution in [1.82, 2.24) is 19.9 Å². The van der Waals surface area contributed by atoms with Gasteiger partial charge in [-0.25, -0.2) is 8.42 Å². The number of H-pyrrole nitrogens is 1. The third kappa shape index (κ3) is 6.76. The second-order valence-corrected chi connectivity index (χ2v) is 13.9. The molecule has 0 saturated carbocycles. The van der Waals surface area contributed by atoms with E-state index < -0.39 is 15.4 Å². The van der Waals surface area contributed by atoms with Crippen LogP contribution in [0.4, 0.5) is 0 Å². The number of amides is 1. The number of aromatic nitrogens is 1. The Labute approximate surface area is 263 Å². The number of thioether (sulfide) groups is 1. The molecule has 7 nitrogen and oxygen atoms in total. The molecule has 5 aromatic rings. The number of rotatable bonds is 12. The zero-order chi connectivity index (χ0) is 30.4. The molecule has 2 heterocycles. The van der Waals surface area contributed by atoms with Crippen molar-refractivity contribution < 1.29 is 13.2 Å². The zero-order valence-electron chi connectivity index (χ0n) is 24.4. The average molecular weight is 625 g/mol. The van der Waals surface area contributed by atoms with Gasteiger partial charge in [0.1, 0.15) is 5.37 Å². The van der Waals surface area contributed by atoms with Gasteiger partial charge in [0, 0.05) is 29.4 Å². The van der Waals surface area contributed by atoms with E-state index >= 15 is 0 Å². The smallest absolute Gasteiger partial charge is 0.249 e. The maximum Gasteiger partial charge on any atom is 0.249 e. The van der Waals surface area contributed by atoms with Crippen LogP contribution in [0.25, 0.3) is 22.0 Å². The van der Waals surface area contributed by atoms with Gasteiger partial charge in [0.2, 0.25) is 15.9 Å². The van der Waals surface area contributed by atoms with E-state index in [4.69, 9.17) is 0 Å². The number of hydrogen-bond acceptors (Lipinski definition) is 5. The summed E-state index contributed by atoms with van der Waals surface area (Å²) in [6.07, 6.45) is 3.63. The summed E-state index contributed by atoms with van der Waals surface area (Å²) in [5.74, 6) is 0.273. The predicted molar refractivity (Wildman–Crippen MR) is 179 cm³/mol. The second kappa shape index (κ2) is 13.8. The number of hydrogen-bond donors (Lipinski definition) is 3. The predicted octanol–water partition coefficient (Wildman–Crippen LogP) is 5.98. The lowest BCUT2D eigenvalue weighted by Crippen LogP contribution is -2.46. The maximum absolute atomic E-state index is 13.7. The second-order valence-electron chi connectivity index (χ2n) is 10.8. The van der Waals surface area contributed by atoms with E-state index in [1.807, 2.05) is 78.9 Å². The van der Waals surface area contributed by atoms with Gasteiger partial charge in [-0.3, -0.25) is 4.79 Å². The number of fused-ring (bicyclic) bond motifs is 1. The third-order valence-corrected chi connectivity index (χ3v) is 11.2. The Hall–Kier alpha value is -3.89. The molecular formula is C35H36N4O3S2. The number of carbonyl (C=O) groups is 1. The van der Waals surface area contributed by atoms with Crippen molar-refractivity contribution in [3.8, 4) is 11.1 Å². The van der Waals surface area contributed by atoms with Gasteiger partial charge in [-0.05, 0) is 66.4 Å². The summed E-state index contributed by atoms with van der Waals surface area (Å²) in [7, 11) is -3.86. The molecule has 1 fully saturated rings. The van der Waals surface area contributed by atoms with Crippen molar-refractivity contribution in [2.45, 2.75) is 29.2 Å². The van der Waals surface area contributed by atoms with Crippen LogP contribution in [0.1, 0.15) is 23.6 Å². The molecule has 1 aliphatic rings. The van der Waals surface area contributed by atoms with E-state index in [0.717, 1.165) is 35.2 Å². The fourth-order valence-electron chi connectivity index (χ4n) is 5.68. The van der Waals surface area contributed by atoms with E-state index in [1.54, 1.807) is 12.1 Å². The van der Waals surface area contributed by atoms with E-state index in [0.29, 0.717) is 18.7 Å². The minimum absolute atomic E-state index is 0.191. The Bertz CT molecular complexity index is 1790. The average Bonchev–Trinajstić information content (AvgIpc) is 3.74. The molecule has 9 heteroatoms. The summed E-state index contributed by atoms with van der Waals surface area (Å²) in [5.41, 5.74) is 5.36. The summed E-state index contributed by atoms with van der Waals surface area (Å²) in [6.45, 7) is 1.80. The number of nitrogens with zero attached hydrogens (tertiary/aromatic N) is 1. The maximum atomic E-state index is 13.7. The molecule has 1 aromatic heterocycles. The summed E-state index contributed by atoms with van der Waals surface area (Å²) in [4.78, 5) is 17.2. The molecule has 44 heavy (non-hydrogen) atoms. The number of nitrogens with one attached hydrogen (secondary N) is 3. The molecule has 1 saturated heterocycles. The van der Waals surface area contributed by atoms with Crippen molar-refractivity contribution >= 4 is 38.6 Å². The van der Waals surface area contributed by atoms with E-state index in [-0.39, 0.29) is 23.4 Å². The Kier molecular flexibility index (Phi) is 9.47. The molecule has 0 aliphatic carbocycles. The molecule has 6 rings (SSSR count). The normalized spacial score (nSPS) is 16.2. The quantitative estimate of drug-likeness (QED) is 0.149. The number of para-hydroxylation sites is 1. The summed E-state index contributed by atoms with van der Waals surface area (Å²) in [6, 6.07) is 34.6.